The Kier molecular flexibility index (Phi) is 4.32. The zero-order valence-corrected chi connectivity index (χ0v) is 18.2. The molecule has 154 valence electrons. The third-order valence-electron chi connectivity index (χ3n) is 7.91. The van der Waals surface area contributed by atoms with Gasteiger partial charge in [0.05, 0.1) is 17.9 Å². The molecule has 6 rings (SSSR count). The van der Waals surface area contributed by atoms with Crippen LogP contribution in [-0.4, -0.2) is 25.0 Å². The Labute approximate surface area is 176 Å². The fourth-order valence-electron chi connectivity index (χ4n) is 6.64. The number of nitrogens with one attached hydrogen (secondary N) is 1. The molecule has 4 aliphatic rings. The molecule has 5 heteroatoms. The third-order valence-corrected chi connectivity index (χ3v) is 8.87. The molecular formula is C24H29NO3S. The second kappa shape index (κ2) is 6.56. The van der Waals surface area contributed by atoms with Crippen molar-refractivity contribution in [2.24, 2.45) is 23.2 Å². The van der Waals surface area contributed by atoms with Gasteiger partial charge >= 0.3 is 5.97 Å². The first kappa shape index (κ1) is 19.1. The summed E-state index contributed by atoms with van der Waals surface area (Å²) in [4.78, 5) is 26.0. The fraction of sp³-hybridized carbons (Fsp3) is 0.583. The number of rotatable bonds is 4. The van der Waals surface area contributed by atoms with Gasteiger partial charge in [0.15, 0.2) is 0 Å². The van der Waals surface area contributed by atoms with Gasteiger partial charge in [0.2, 0.25) is 5.91 Å². The van der Waals surface area contributed by atoms with Crippen molar-refractivity contribution in [2.45, 2.75) is 57.4 Å². The molecule has 2 atom stereocenters. The lowest BCUT2D eigenvalue weighted by atomic mass is 9.48. The largest absolute Gasteiger partial charge is 0.469 e. The first-order valence-electron chi connectivity index (χ1n) is 10.7. The molecule has 0 radical (unpaired) electrons. The van der Waals surface area contributed by atoms with Crippen LogP contribution in [0.1, 0.15) is 51.5 Å². The van der Waals surface area contributed by atoms with Crippen LogP contribution in [-0.2, 0) is 19.7 Å². The lowest BCUT2D eigenvalue weighted by Crippen LogP contribution is -2.62. The van der Waals surface area contributed by atoms with Crippen LogP contribution in [0, 0.1) is 23.2 Å². The second-order valence-electron chi connectivity index (χ2n) is 10.0. The Balaban J connectivity index is 1.38. The standard InChI is InChI=1S/C24H29NO3S/c1-23(2,18-13-29-19-7-5-4-6-17(18)19)21(26)25-20-15-8-14-9-16(20)12-24(10-14,11-15)22(27)28-3/h4-7,13-16,20H,8-12H2,1-3H3,(H,25,26). The van der Waals surface area contributed by atoms with E-state index < -0.39 is 5.41 Å². The summed E-state index contributed by atoms with van der Waals surface area (Å²) in [6.45, 7) is 4.06. The van der Waals surface area contributed by atoms with E-state index in [-0.39, 0.29) is 23.3 Å². The normalized spacial score (nSPS) is 33.1. The van der Waals surface area contributed by atoms with E-state index in [1.165, 1.54) is 17.2 Å². The van der Waals surface area contributed by atoms with Gasteiger partial charge in [-0.3, -0.25) is 9.59 Å². The molecule has 1 aromatic carbocycles. The van der Waals surface area contributed by atoms with E-state index in [4.69, 9.17) is 4.74 Å². The number of esters is 1. The summed E-state index contributed by atoms with van der Waals surface area (Å²) in [5.74, 6) is 1.45. The first-order chi connectivity index (χ1) is 13.8. The van der Waals surface area contributed by atoms with Gasteiger partial charge in [-0.05, 0) is 86.1 Å². The molecule has 4 fully saturated rings. The summed E-state index contributed by atoms with van der Waals surface area (Å²) in [5.41, 5.74) is 0.213. The highest BCUT2D eigenvalue weighted by atomic mass is 32.1. The molecule has 1 aromatic heterocycles. The molecule has 1 amide bonds. The predicted molar refractivity (Wildman–Crippen MR) is 115 cm³/mol. The van der Waals surface area contributed by atoms with Crippen molar-refractivity contribution in [2.75, 3.05) is 7.11 Å². The monoisotopic (exact) mass is 411 g/mol. The van der Waals surface area contributed by atoms with E-state index in [0.717, 1.165) is 37.7 Å². The van der Waals surface area contributed by atoms with Crippen LogP contribution in [0.15, 0.2) is 29.6 Å². The molecule has 0 aliphatic heterocycles. The van der Waals surface area contributed by atoms with Crippen LogP contribution in [0.4, 0.5) is 0 Å². The van der Waals surface area contributed by atoms with Crippen LogP contribution in [0.3, 0.4) is 0 Å². The summed E-state index contributed by atoms with van der Waals surface area (Å²) in [5, 5.41) is 6.75. The highest BCUT2D eigenvalue weighted by Gasteiger charge is 2.59. The molecule has 1 N–H and O–H groups in total. The Morgan fingerprint density at radius 3 is 2.52 bits per heavy atom. The highest BCUT2D eigenvalue weighted by molar-refractivity contribution is 7.17. The zero-order valence-electron chi connectivity index (χ0n) is 17.4. The number of carbonyl (C=O) groups excluding carboxylic acids is 2. The van der Waals surface area contributed by atoms with E-state index in [2.05, 4.69) is 22.8 Å². The molecule has 0 spiro atoms. The second-order valence-corrected chi connectivity index (χ2v) is 10.9. The number of amides is 1. The van der Waals surface area contributed by atoms with E-state index in [1.54, 1.807) is 11.3 Å². The highest BCUT2D eigenvalue weighted by Crippen LogP contribution is 2.60. The average molecular weight is 412 g/mol. The van der Waals surface area contributed by atoms with E-state index >= 15 is 0 Å². The molecule has 4 bridgehead atoms. The number of hydrogen-bond donors (Lipinski definition) is 1. The Bertz CT molecular complexity index is 961. The van der Waals surface area contributed by atoms with Crippen molar-refractivity contribution >= 4 is 33.3 Å². The van der Waals surface area contributed by atoms with E-state index in [9.17, 15) is 9.59 Å². The fourth-order valence-corrected chi connectivity index (χ4v) is 7.77. The predicted octanol–water partition coefficient (Wildman–Crippen LogP) is 4.66. The topological polar surface area (TPSA) is 55.4 Å². The van der Waals surface area contributed by atoms with Gasteiger partial charge in [-0.15, -0.1) is 11.3 Å². The van der Waals surface area contributed by atoms with Gasteiger partial charge in [0.1, 0.15) is 0 Å². The average Bonchev–Trinajstić information content (AvgIpc) is 3.14. The molecular weight excluding hydrogens is 382 g/mol. The van der Waals surface area contributed by atoms with Crippen LogP contribution in [0.25, 0.3) is 10.1 Å². The van der Waals surface area contributed by atoms with Crippen molar-refractivity contribution in [1.82, 2.24) is 5.32 Å². The Morgan fingerprint density at radius 2 is 1.83 bits per heavy atom. The number of methoxy groups -OCH3 is 1. The SMILES string of the molecule is COC(=O)C12CC3CC(C1)C(NC(=O)C(C)(C)c1csc4ccccc14)C(C3)C2. The minimum absolute atomic E-state index is 0.0354. The Hall–Kier alpha value is -1.88. The molecule has 2 unspecified atom stereocenters. The first-order valence-corrected chi connectivity index (χ1v) is 11.6. The van der Waals surface area contributed by atoms with E-state index in [0.29, 0.717) is 17.8 Å². The van der Waals surface area contributed by atoms with Gasteiger partial charge in [-0.2, -0.15) is 0 Å². The van der Waals surface area contributed by atoms with Crippen LogP contribution in [0.2, 0.25) is 0 Å². The maximum atomic E-state index is 13.5. The van der Waals surface area contributed by atoms with E-state index in [1.807, 2.05) is 26.0 Å². The molecule has 0 saturated heterocycles. The summed E-state index contributed by atoms with van der Waals surface area (Å²) in [6, 6.07) is 8.49. The lowest BCUT2D eigenvalue weighted by Gasteiger charge is -2.58. The number of fused-ring (bicyclic) bond motifs is 1. The minimum atomic E-state index is -0.589. The number of hydrogen-bond acceptors (Lipinski definition) is 4. The quantitative estimate of drug-likeness (QED) is 0.744. The molecule has 1 heterocycles. The number of carbonyl (C=O) groups is 2. The zero-order chi connectivity index (χ0) is 20.4. The maximum absolute atomic E-state index is 13.5. The van der Waals surface area contributed by atoms with Gasteiger partial charge < -0.3 is 10.1 Å². The summed E-state index contributed by atoms with van der Waals surface area (Å²) >= 11 is 1.70. The Morgan fingerprint density at radius 1 is 1.14 bits per heavy atom. The molecule has 4 nitrogen and oxygen atoms in total. The molecule has 4 saturated carbocycles. The van der Waals surface area contributed by atoms with Gasteiger partial charge in [0.25, 0.3) is 0 Å². The maximum Gasteiger partial charge on any atom is 0.311 e. The third kappa shape index (κ3) is 2.84. The van der Waals surface area contributed by atoms with Crippen molar-refractivity contribution in [3.05, 3.63) is 35.2 Å². The van der Waals surface area contributed by atoms with Crippen LogP contribution in [0.5, 0.6) is 0 Å². The summed E-state index contributed by atoms with van der Waals surface area (Å²) < 4.78 is 6.39. The number of ether oxygens (including phenoxy) is 1. The molecule has 2 aromatic rings. The minimum Gasteiger partial charge on any atom is -0.469 e. The lowest BCUT2D eigenvalue weighted by molar-refractivity contribution is -0.171. The number of thiophene rings is 1. The van der Waals surface area contributed by atoms with Gasteiger partial charge in [0, 0.05) is 10.7 Å². The molecule has 4 aliphatic carbocycles. The van der Waals surface area contributed by atoms with Crippen LogP contribution >= 0.6 is 11.3 Å². The smallest absolute Gasteiger partial charge is 0.311 e. The number of benzene rings is 1. The summed E-state index contributed by atoms with van der Waals surface area (Å²) in [7, 11) is 1.51. The molecule has 29 heavy (non-hydrogen) atoms. The van der Waals surface area contributed by atoms with Crippen molar-refractivity contribution in [3.63, 3.8) is 0 Å². The van der Waals surface area contributed by atoms with Crippen molar-refractivity contribution in [1.29, 1.82) is 0 Å². The van der Waals surface area contributed by atoms with Crippen molar-refractivity contribution in [3.8, 4) is 0 Å². The van der Waals surface area contributed by atoms with Gasteiger partial charge in [-0.1, -0.05) is 18.2 Å². The van der Waals surface area contributed by atoms with Crippen molar-refractivity contribution < 1.29 is 14.3 Å². The summed E-state index contributed by atoms with van der Waals surface area (Å²) in [6.07, 6.45) is 4.95. The van der Waals surface area contributed by atoms with Gasteiger partial charge in [-0.25, -0.2) is 0 Å². The van der Waals surface area contributed by atoms with Crippen LogP contribution < -0.4 is 5.32 Å².